The Balaban J connectivity index is 2.63. The maximum absolute atomic E-state index is 11.8. The monoisotopic (exact) mass is 279 g/mol. The average Bonchev–Trinajstić information content (AvgIpc) is 2.75. The van der Waals surface area contributed by atoms with Crippen molar-refractivity contribution >= 4 is 23.3 Å². The number of carbonyl (C=O) groups excluding carboxylic acids is 2. The second kappa shape index (κ2) is 5.20. The van der Waals surface area contributed by atoms with Gasteiger partial charge in [0.05, 0.1) is 32.9 Å². The summed E-state index contributed by atoms with van der Waals surface area (Å²) in [5.74, 6) is -1.53. The zero-order valence-electron chi connectivity index (χ0n) is 11.0. The van der Waals surface area contributed by atoms with Crippen LogP contribution in [0, 0.1) is 0 Å². The van der Waals surface area contributed by atoms with E-state index in [-0.39, 0.29) is 35.7 Å². The van der Waals surface area contributed by atoms with Crippen LogP contribution in [-0.4, -0.2) is 43.5 Å². The van der Waals surface area contributed by atoms with E-state index in [0.29, 0.717) is 5.75 Å². The van der Waals surface area contributed by atoms with E-state index in [1.165, 1.54) is 26.4 Å². The van der Waals surface area contributed by atoms with E-state index in [1.807, 2.05) is 0 Å². The molecular formula is C13H13NO6. The molecule has 0 bridgehead atoms. The molecule has 1 fully saturated rings. The van der Waals surface area contributed by atoms with Crippen LogP contribution in [0.2, 0.25) is 0 Å². The van der Waals surface area contributed by atoms with Gasteiger partial charge in [0.2, 0.25) is 5.91 Å². The number of anilines is 1. The highest BCUT2D eigenvalue weighted by Crippen LogP contribution is 2.36. The molecule has 1 aromatic rings. The quantitative estimate of drug-likeness (QED) is 0.816. The number of carbonyl (C=O) groups is 3. The number of rotatable bonds is 4. The summed E-state index contributed by atoms with van der Waals surface area (Å²) in [4.78, 5) is 35.7. The summed E-state index contributed by atoms with van der Waals surface area (Å²) in [5, 5.41) is 9.31. The highest BCUT2D eigenvalue weighted by molar-refractivity contribution is 6.17. The molecular weight excluding hydrogens is 266 g/mol. The smallest absolute Gasteiger partial charge is 0.341 e. The van der Waals surface area contributed by atoms with Crippen molar-refractivity contribution in [3.63, 3.8) is 0 Å². The molecule has 1 N–H and O–H groups in total. The maximum Gasteiger partial charge on any atom is 0.341 e. The molecule has 0 saturated carbocycles. The molecule has 0 unspecified atom stereocenters. The number of benzene rings is 1. The Kier molecular flexibility index (Phi) is 3.60. The number of ether oxygens (including phenoxy) is 2. The lowest BCUT2D eigenvalue weighted by atomic mass is 10.1. The number of Topliss-reactive ketones (excluding diaryl/α,β-unsaturated/α-hetero) is 1. The summed E-state index contributed by atoms with van der Waals surface area (Å²) in [6.45, 7) is -0.143. The van der Waals surface area contributed by atoms with Gasteiger partial charge in [0.15, 0.2) is 5.78 Å². The van der Waals surface area contributed by atoms with E-state index < -0.39 is 11.9 Å². The molecule has 0 spiro atoms. The van der Waals surface area contributed by atoms with E-state index in [1.54, 1.807) is 0 Å². The van der Waals surface area contributed by atoms with E-state index in [0.717, 1.165) is 4.90 Å². The zero-order chi connectivity index (χ0) is 14.9. The van der Waals surface area contributed by atoms with Gasteiger partial charge in [-0.25, -0.2) is 4.79 Å². The summed E-state index contributed by atoms with van der Waals surface area (Å²) >= 11 is 0. The Morgan fingerprint density at radius 1 is 1.25 bits per heavy atom. The molecule has 0 aliphatic carbocycles. The molecule has 1 aliphatic heterocycles. The van der Waals surface area contributed by atoms with Crippen LogP contribution in [0.5, 0.6) is 11.5 Å². The van der Waals surface area contributed by atoms with E-state index in [2.05, 4.69) is 0 Å². The third kappa shape index (κ3) is 2.29. The molecule has 7 nitrogen and oxygen atoms in total. The number of aromatic carboxylic acids is 1. The maximum atomic E-state index is 11.8. The number of hydrogen-bond acceptors (Lipinski definition) is 5. The lowest BCUT2D eigenvalue weighted by Crippen LogP contribution is -2.27. The van der Waals surface area contributed by atoms with Gasteiger partial charge in [-0.05, 0) is 0 Å². The number of hydrogen-bond donors (Lipinski definition) is 1. The Hall–Kier alpha value is -2.57. The lowest BCUT2D eigenvalue weighted by Gasteiger charge is -2.20. The fourth-order valence-corrected chi connectivity index (χ4v) is 2.09. The summed E-state index contributed by atoms with van der Waals surface area (Å²) in [6.07, 6.45) is -0.224. The van der Waals surface area contributed by atoms with Crippen molar-refractivity contribution < 1.29 is 29.0 Å². The number of amides is 1. The van der Waals surface area contributed by atoms with Crippen LogP contribution in [0.25, 0.3) is 0 Å². The minimum Gasteiger partial charge on any atom is -0.497 e. The van der Waals surface area contributed by atoms with Gasteiger partial charge in [0.25, 0.3) is 0 Å². The molecule has 0 aromatic heterocycles. The first kappa shape index (κ1) is 13.9. The van der Waals surface area contributed by atoms with Crippen LogP contribution in [0.15, 0.2) is 12.1 Å². The van der Waals surface area contributed by atoms with Crippen molar-refractivity contribution in [2.24, 2.45) is 0 Å². The van der Waals surface area contributed by atoms with Gasteiger partial charge in [-0.2, -0.15) is 0 Å². The zero-order valence-corrected chi connectivity index (χ0v) is 11.0. The predicted octanol–water partition coefficient (Wildman–Crippen LogP) is 0.708. The number of carboxylic acid groups (broad SMARTS) is 1. The van der Waals surface area contributed by atoms with E-state index in [9.17, 15) is 19.5 Å². The molecule has 0 atom stereocenters. The molecule has 106 valence electrons. The normalized spacial score (nSPS) is 14.6. The molecule has 1 amide bonds. The van der Waals surface area contributed by atoms with E-state index >= 15 is 0 Å². The first-order valence-corrected chi connectivity index (χ1v) is 5.79. The predicted molar refractivity (Wildman–Crippen MR) is 68.5 cm³/mol. The van der Waals surface area contributed by atoms with Crippen LogP contribution in [0.1, 0.15) is 16.8 Å². The first-order chi connectivity index (χ1) is 9.47. The van der Waals surface area contributed by atoms with Crippen molar-refractivity contribution in [1.82, 2.24) is 0 Å². The Bertz CT molecular complexity index is 595. The van der Waals surface area contributed by atoms with Gasteiger partial charge < -0.3 is 19.5 Å². The molecule has 20 heavy (non-hydrogen) atoms. The lowest BCUT2D eigenvalue weighted by molar-refractivity contribution is -0.121. The second-order valence-corrected chi connectivity index (χ2v) is 4.22. The van der Waals surface area contributed by atoms with Crippen LogP contribution in [0.3, 0.4) is 0 Å². The summed E-state index contributed by atoms with van der Waals surface area (Å²) in [6, 6.07) is 2.82. The number of nitrogens with zero attached hydrogens (tertiary/aromatic N) is 1. The molecule has 1 saturated heterocycles. The van der Waals surface area contributed by atoms with Crippen molar-refractivity contribution in [2.45, 2.75) is 6.42 Å². The van der Waals surface area contributed by atoms with Crippen molar-refractivity contribution in [3.8, 4) is 11.5 Å². The number of methoxy groups -OCH3 is 2. The Morgan fingerprint density at radius 3 is 2.40 bits per heavy atom. The van der Waals surface area contributed by atoms with Gasteiger partial charge in [-0.3, -0.25) is 9.59 Å². The second-order valence-electron chi connectivity index (χ2n) is 4.22. The van der Waals surface area contributed by atoms with Crippen LogP contribution < -0.4 is 14.4 Å². The van der Waals surface area contributed by atoms with Crippen molar-refractivity contribution in [2.75, 3.05) is 25.7 Å². The fraction of sp³-hybridized carbons (Fsp3) is 0.308. The van der Waals surface area contributed by atoms with Gasteiger partial charge >= 0.3 is 5.97 Å². The summed E-state index contributed by atoms with van der Waals surface area (Å²) < 4.78 is 10.1. The number of carboxylic acids is 1. The first-order valence-electron chi connectivity index (χ1n) is 5.79. The highest BCUT2D eigenvalue weighted by atomic mass is 16.5. The van der Waals surface area contributed by atoms with E-state index in [4.69, 9.17) is 9.47 Å². The molecule has 0 radical (unpaired) electrons. The minimum atomic E-state index is -1.24. The fourth-order valence-electron chi connectivity index (χ4n) is 2.09. The minimum absolute atomic E-state index is 0.0685. The van der Waals surface area contributed by atoms with Crippen molar-refractivity contribution in [3.05, 3.63) is 17.7 Å². The van der Waals surface area contributed by atoms with Crippen LogP contribution in [0.4, 0.5) is 5.69 Å². The number of ketones is 1. The average molecular weight is 279 g/mol. The third-order valence-corrected chi connectivity index (χ3v) is 3.00. The summed E-state index contributed by atoms with van der Waals surface area (Å²) in [7, 11) is 2.73. The molecule has 7 heteroatoms. The molecule has 2 rings (SSSR count). The van der Waals surface area contributed by atoms with Crippen LogP contribution in [-0.2, 0) is 9.59 Å². The SMILES string of the molecule is COc1cc(OC)c(C(=O)O)c(N2CC(=O)CC2=O)c1. The molecule has 1 aromatic carbocycles. The summed E-state index contributed by atoms with van der Waals surface area (Å²) in [5.41, 5.74) is -0.0686. The third-order valence-electron chi connectivity index (χ3n) is 3.00. The highest BCUT2D eigenvalue weighted by Gasteiger charge is 2.33. The van der Waals surface area contributed by atoms with Gasteiger partial charge in [0.1, 0.15) is 17.1 Å². The standard InChI is InChI=1S/C13H13NO6/c1-19-8-4-9(14-6-7(15)3-11(14)16)12(13(17)18)10(5-8)20-2/h4-5H,3,6H2,1-2H3,(H,17,18). The molecule has 1 heterocycles. The Labute approximate surface area is 114 Å². The van der Waals surface area contributed by atoms with Gasteiger partial charge in [-0.1, -0.05) is 0 Å². The van der Waals surface area contributed by atoms with Crippen LogP contribution >= 0.6 is 0 Å². The largest absolute Gasteiger partial charge is 0.497 e. The van der Waals surface area contributed by atoms with Crippen molar-refractivity contribution in [1.29, 1.82) is 0 Å². The topological polar surface area (TPSA) is 93.1 Å². The Morgan fingerprint density at radius 2 is 1.95 bits per heavy atom. The molecule has 1 aliphatic rings. The van der Waals surface area contributed by atoms with Gasteiger partial charge in [-0.15, -0.1) is 0 Å². The van der Waals surface area contributed by atoms with Gasteiger partial charge in [0, 0.05) is 12.1 Å².